The third-order valence-corrected chi connectivity index (χ3v) is 4.86. The van der Waals surface area contributed by atoms with Crippen molar-refractivity contribution in [2.75, 3.05) is 13.2 Å². The molecule has 2 unspecified atom stereocenters. The topological polar surface area (TPSA) is 83.8 Å². The average Bonchev–Trinajstić information content (AvgIpc) is 2.72. The second-order valence-electron chi connectivity index (χ2n) is 7.58. The summed E-state index contributed by atoms with van der Waals surface area (Å²) < 4.78 is 4.94. The summed E-state index contributed by atoms with van der Waals surface area (Å²) in [5.41, 5.74) is 0.327. The Bertz CT molecular complexity index is 711. The molecule has 0 aliphatic heterocycles. The number of aliphatic hydroxyl groups is 2. The fourth-order valence-electron chi connectivity index (χ4n) is 3.03. The van der Waals surface area contributed by atoms with Gasteiger partial charge < -0.3 is 14.9 Å². The minimum absolute atomic E-state index is 0.182. The summed E-state index contributed by atoms with van der Waals surface area (Å²) >= 11 is 0. The molecule has 0 saturated carbocycles. The third-order valence-electron chi connectivity index (χ3n) is 4.86. The maximum absolute atomic E-state index is 11.7. The van der Waals surface area contributed by atoms with Crippen molar-refractivity contribution in [3.8, 4) is 5.75 Å². The quantitative estimate of drug-likeness (QED) is 0.303. The van der Waals surface area contributed by atoms with Gasteiger partial charge in [-0.1, -0.05) is 76.2 Å². The number of benzene rings is 2. The zero-order valence-corrected chi connectivity index (χ0v) is 17.6. The molecule has 29 heavy (non-hydrogen) atoms. The lowest BCUT2D eigenvalue weighted by atomic mass is 9.78. The van der Waals surface area contributed by atoms with Crippen LogP contribution in [0.2, 0.25) is 0 Å². The van der Waals surface area contributed by atoms with E-state index in [4.69, 9.17) is 14.9 Å². The molecule has 5 nitrogen and oxygen atoms in total. The Morgan fingerprint density at radius 1 is 0.759 bits per heavy atom. The second-order valence-corrected chi connectivity index (χ2v) is 7.58. The number of para-hydroxylation sites is 1. The van der Waals surface area contributed by atoms with Crippen molar-refractivity contribution < 1.29 is 24.5 Å². The molecular formula is C24H32O5. The van der Waals surface area contributed by atoms with Gasteiger partial charge in [0.05, 0.1) is 0 Å². The molecule has 0 aliphatic rings. The van der Waals surface area contributed by atoms with E-state index in [1.807, 2.05) is 0 Å². The van der Waals surface area contributed by atoms with Crippen LogP contribution >= 0.6 is 0 Å². The summed E-state index contributed by atoms with van der Waals surface area (Å²) in [4.78, 5) is 23.2. The number of hydrogen-bond acceptors (Lipinski definition) is 5. The molecule has 0 saturated heterocycles. The molecule has 5 heteroatoms. The highest BCUT2D eigenvalue weighted by molar-refractivity contribution is 6.41. The van der Waals surface area contributed by atoms with Crippen molar-refractivity contribution in [2.24, 2.45) is 23.7 Å². The average molecular weight is 401 g/mol. The van der Waals surface area contributed by atoms with Crippen molar-refractivity contribution in [3.05, 3.63) is 66.2 Å². The summed E-state index contributed by atoms with van der Waals surface area (Å²) in [7, 11) is 0. The van der Waals surface area contributed by atoms with Gasteiger partial charge in [-0.15, -0.1) is 0 Å². The minimum Gasteiger partial charge on any atom is -0.421 e. The number of ketones is 1. The van der Waals surface area contributed by atoms with E-state index in [0.29, 0.717) is 23.1 Å². The second kappa shape index (κ2) is 12.9. The molecule has 2 N–H and O–H groups in total. The molecule has 2 aromatic carbocycles. The normalized spacial score (nSPS) is 12.7. The molecule has 2 atom stereocenters. The van der Waals surface area contributed by atoms with Crippen molar-refractivity contribution in [3.63, 3.8) is 0 Å². The molecule has 2 rings (SSSR count). The lowest BCUT2D eigenvalue weighted by Crippen LogP contribution is -2.30. The molecular weight excluding hydrogens is 368 g/mol. The SMILES string of the molecule is CC(C)C(CO)C(CO)C(C)C.O=C(Oc1ccccc1)C(=O)c1ccccc1. The van der Waals surface area contributed by atoms with Gasteiger partial charge >= 0.3 is 5.97 Å². The van der Waals surface area contributed by atoms with Gasteiger partial charge in [-0.3, -0.25) is 4.79 Å². The van der Waals surface area contributed by atoms with Crippen LogP contribution in [0, 0.1) is 23.7 Å². The van der Waals surface area contributed by atoms with Gasteiger partial charge in [0, 0.05) is 18.8 Å². The highest BCUT2D eigenvalue weighted by Crippen LogP contribution is 2.26. The van der Waals surface area contributed by atoms with Crippen LogP contribution in [0.3, 0.4) is 0 Å². The van der Waals surface area contributed by atoms with Gasteiger partial charge in [-0.05, 0) is 35.8 Å². The first kappa shape index (κ1) is 24.5. The lowest BCUT2D eigenvalue weighted by Gasteiger charge is -2.30. The number of carbonyl (C=O) groups is 2. The predicted molar refractivity (Wildman–Crippen MR) is 114 cm³/mol. The van der Waals surface area contributed by atoms with E-state index in [1.54, 1.807) is 60.7 Å². The maximum Gasteiger partial charge on any atom is 0.385 e. The highest BCUT2D eigenvalue weighted by Gasteiger charge is 2.25. The van der Waals surface area contributed by atoms with E-state index >= 15 is 0 Å². The van der Waals surface area contributed by atoms with Crippen LogP contribution in [0.1, 0.15) is 38.1 Å². The minimum atomic E-state index is -0.873. The van der Waals surface area contributed by atoms with Crippen molar-refractivity contribution in [1.29, 1.82) is 0 Å². The number of hydrogen-bond donors (Lipinski definition) is 2. The summed E-state index contributed by atoms with van der Waals surface area (Å²) in [5.74, 6) is 0.188. The molecule has 0 aromatic heterocycles. The van der Waals surface area contributed by atoms with Crippen LogP contribution in [-0.4, -0.2) is 35.2 Å². The smallest absolute Gasteiger partial charge is 0.385 e. The van der Waals surface area contributed by atoms with Crippen molar-refractivity contribution in [1.82, 2.24) is 0 Å². The van der Waals surface area contributed by atoms with E-state index in [2.05, 4.69) is 27.7 Å². The molecule has 158 valence electrons. The Kier molecular flexibility index (Phi) is 10.9. The number of rotatable bonds is 8. The summed E-state index contributed by atoms with van der Waals surface area (Å²) in [6.07, 6.45) is 0. The van der Waals surface area contributed by atoms with Crippen LogP contribution in [0.5, 0.6) is 5.75 Å². The first-order valence-electron chi connectivity index (χ1n) is 9.90. The highest BCUT2D eigenvalue weighted by atomic mass is 16.5. The number of ether oxygens (including phenoxy) is 1. The number of carbonyl (C=O) groups excluding carboxylic acids is 2. The molecule has 0 heterocycles. The summed E-state index contributed by atoms with van der Waals surface area (Å²) in [5, 5.41) is 18.3. The zero-order valence-electron chi connectivity index (χ0n) is 17.6. The Hall–Kier alpha value is -2.50. The molecule has 0 fully saturated rings. The van der Waals surface area contributed by atoms with Gasteiger partial charge in [-0.2, -0.15) is 0 Å². The van der Waals surface area contributed by atoms with Gasteiger partial charge in [0.1, 0.15) is 5.75 Å². The van der Waals surface area contributed by atoms with Crippen LogP contribution in [0.4, 0.5) is 0 Å². The standard InChI is InChI=1S/C14H10O3.C10H22O2/c15-13(11-7-3-1-4-8-11)14(16)17-12-9-5-2-6-10-12;1-7(2)9(5-11)10(6-12)8(3)4/h1-10H;7-12H,5-6H2,1-4H3. The zero-order chi connectivity index (χ0) is 21.8. The van der Waals surface area contributed by atoms with Crippen molar-refractivity contribution >= 4 is 11.8 Å². The fourth-order valence-corrected chi connectivity index (χ4v) is 3.03. The predicted octanol–water partition coefficient (Wildman–Crippen LogP) is 3.99. The van der Waals surface area contributed by atoms with Gasteiger partial charge in [-0.25, -0.2) is 4.79 Å². The number of aliphatic hydroxyl groups excluding tert-OH is 2. The van der Waals surface area contributed by atoms with E-state index < -0.39 is 11.8 Å². The Morgan fingerprint density at radius 2 is 1.17 bits per heavy atom. The van der Waals surface area contributed by atoms with Gasteiger partial charge in [0.25, 0.3) is 5.78 Å². The summed E-state index contributed by atoms with van der Waals surface area (Å²) in [6, 6.07) is 16.8. The Labute approximate surface area is 173 Å². The van der Waals surface area contributed by atoms with Crippen LogP contribution < -0.4 is 4.74 Å². The van der Waals surface area contributed by atoms with E-state index in [1.165, 1.54) is 0 Å². The molecule has 0 spiro atoms. The number of esters is 1. The van der Waals surface area contributed by atoms with Crippen LogP contribution in [0.25, 0.3) is 0 Å². The van der Waals surface area contributed by atoms with Crippen LogP contribution in [0.15, 0.2) is 60.7 Å². The monoisotopic (exact) mass is 400 g/mol. The first-order chi connectivity index (χ1) is 13.8. The largest absolute Gasteiger partial charge is 0.421 e. The van der Waals surface area contributed by atoms with E-state index in [-0.39, 0.29) is 25.0 Å². The van der Waals surface area contributed by atoms with E-state index in [9.17, 15) is 9.59 Å². The van der Waals surface area contributed by atoms with E-state index in [0.717, 1.165) is 0 Å². The fraction of sp³-hybridized carbons (Fsp3) is 0.417. The molecule has 0 aliphatic carbocycles. The van der Waals surface area contributed by atoms with Gasteiger partial charge in [0.2, 0.25) is 0 Å². The third kappa shape index (κ3) is 8.18. The molecule has 0 amide bonds. The Morgan fingerprint density at radius 3 is 1.55 bits per heavy atom. The van der Waals surface area contributed by atoms with Crippen molar-refractivity contribution in [2.45, 2.75) is 27.7 Å². The molecule has 0 radical (unpaired) electrons. The summed E-state index contributed by atoms with van der Waals surface area (Å²) in [6.45, 7) is 8.72. The van der Waals surface area contributed by atoms with Gasteiger partial charge in [0.15, 0.2) is 0 Å². The first-order valence-corrected chi connectivity index (χ1v) is 9.90. The van der Waals surface area contributed by atoms with Crippen LogP contribution in [-0.2, 0) is 4.79 Å². The maximum atomic E-state index is 11.7. The molecule has 0 bridgehead atoms. The molecule has 2 aromatic rings. The Balaban J connectivity index is 0.000000311. The number of Topliss-reactive ketones (excluding diaryl/α,β-unsaturated/α-hetero) is 1. The lowest BCUT2D eigenvalue weighted by molar-refractivity contribution is -0.129.